The lowest BCUT2D eigenvalue weighted by Crippen LogP contribution is -2.41. The number of rotatable bonds is 5. The molecule has 1 aromatic carbocycles. The Morgan fingerprint density at radius 3 is 2.84 bits per heavy atom. The molecular formula is C15H22N2OS. The van der Waals surface area contributed by atoms with E-state index in [2.05, 4.69) is 10.6 Å². The second kappa shape index (κ2) is 7.56. The van der Waals surface area contributed by atoms with Crippen molar-refractivity contribution in [3.8, 4) is 0 Å². The predicted octanol–water partition coefficient (Wildman–Crippen LogP) is 2.89. The second-order valence-corrected chi connectivity index (χ2v) is 6.38. The molecule has 1 heterocycles. The first-order valence-corrected chi connectivity index (χ1v) is 8.01. The number of hydrogen-bond donors (Lipinski definition) is 2. The Hall–Kier alpha value is -1.00. The number of thioether (sulfide) groups is 1. The van der Waals surface area contributed by atoms with E-state index in [1.807, 2.05) is 49.0 Å². The molecule has 19 heavy (non-hydrogen) atoms. The third-order valence-electron chi connectivity index (χ3n) is 3.36. The van der Waals surface area contributed by atoms with Gasteiger partial charge in [0.1, 0.15) is 0 Å². The van der Waals surface area contributed by atoms with Crippen molar-refractivity contribution in [3.63, 3.8) is 0 Å². The Morgan fingerprint density at radius 1 is 1.37 bits per heavy atom. The summed E-state index contributed by atoms with van der Waals surface area (Å²) in [6, 6.07) is 9.45. The van der Waals surface area contributed by atoms with E-state index in [1.54, 1.807) is 0 Å². The number of hydrogen-bond acceptors (Lipinski definition) is 3. The summed E-state index contributed by atoms with van der Waals surface area (Å²) in [6.07, 6.45) is 3.93. The van der Waals surface area contributed by atoms with Crippen LogP contribution in [0.5, 0.6) is 0 Å². The van der Waals surface area contributed by atoms with E-state index >= 15 is 0 Å². The summed E-state index contributed by atoms with van der Waals surface area (Å²) >= 11 is 2.03. The lowest BCUT2D eigenvalue weighted by atomic mass is 10.2. The first-order valence-electron chi connectivity index (χ1n) is 6.96. The summed E-state index contributed by atoms with van der Waals surface area (Å²) in [5.41, 5.74) is 0.855. The molecule has 0 bridgehead atoms. The molecule has 0 aliphatic carbocycles. The molecule has 1 amide bonds. The van der Waals surface area contributed by atoms with E-state index < -0.39 is 0 Å². The average Bonchev–Trinajstić information content (AvgIpc) is 2.47. The Morgan fingerprint density at radius 2 is 2.16 bits per heavy atom. The van der Waals surface area contributed by atoms with Gasteiger partial charge >= 0.3 is 0 Å². The van der Waals surface area contributed by atoms with Gasteiger partial charge < -0.3 is 10.6 Å². The van der Waals surface area contributed by atoms with E-state index in [1.165, 1.54) is 25.0 Å². The molecule has 4 heteroatoms. The van der Waals surface area contributed by atoms with Gasteiger partial charge in [-0.3, -0.25) is 4.79 Å². The summed E-state index contributed by atoms with van der Waals surface area (Å²) in [5, 5.41) is 6.93. The smallest absolute Gasteiger partial charge is 0.241 e. The quantitative estimate of drug-likeness (QED) is 0.870. The summed E-state index contributed by atoms with van der Waals surface area (Å²) in [7, 11) is 0. The summed E-state index contributed by atoms with van der Waals surface area (Å²) in [5.74, 6) is 1.30. The Balaban J connectivity index is 1.73. The number of carbonyl (C=O) groups excluding carboxylic acids is 1. The van der Waals surface area contributed by atoms with Gasteiger partial charge in [-0.25, -0.2) is 0 Å². The van der Waals surface area contributed by atoms with Crippen LogP contribution < -0.4 is 10.6 Å². The van der Waals surface area contributed by atoms with Gasteiger partial charge in [0.05, 0.1) is 6.04 Å². The molecule has 0 radical (unpaired) electrons. The van der Waals surface area contributed by atoms with Gasteiger partial charge in [-0.15, -0.1) is 0 Å². The number of benzene rings is 1. The number of amides is 1. The molecule has 1 aliphatic heterocycles. The Labute approximate surface area is 119 Å². The van der Waals surface area contributed by atoms with Gasteiger partial charge in [0.25, 0.3) is 0 Å². The van der Waals surface area contributed by atoms with Gasteiger partial charge in [-0.1, -0.05) is 24.6 Å². The maximum absolute atomic E-state index is 12.0. The number of para-hydroxylation sites is 1. The first kappa shape index (κ1) is 14.4. The van der Waals surface area contributed by atoms with Crippen LogP contribution in [0.15, 0.2) is 30.3 Å². The fraction of sp³-hybridized carbons (Fsp3) is 0.533. The highest BCUT2D eigenvalue weighted by Gasteiger charge is 2.17. The fourth-order valence-electron chi connectivity index (χ4n) is 2.14. The van der Waals surface area contributed by atoms with Crippen LogP contribution in [-0.2, 0) is 4.79 Å². The second-order valence-electron chi connectivity index (χ2n) is 4.97. The van der Waals surface area contributed by atoms with Crippen LogP contribution in [0.4, 0.5) is 5.69 Å². The van der Waals surface area contributed by atoms with Crippen molar-refractivity contribution in [2.45, 2.75) is 37.5 Å². The topological polar surface area (TPSA) is 41.1 Å². The van der Waals surface area contributed by atoms with E-state index in [0.717, 1.165) is 12.2 Å². The molecule has 0 aromatic heterocycles. The van der Waals surface area contributed by atoms with Gasteiger partial charge in [0.2, 0.25) is 5.91 Å². The first-order chi connectivity index (χ1) is 9.25. The van der Waals surface area contributed by atoms with Gasteiger partial charge in [-0.2, -0.15) is 11.8 Å². The number of anilines is 1. The molecule has 2 unspecified atom stereocenters. The van der Waals surface area contributed by atoms with Crippen LogP contribution in [-0.4, -0.2) is 29.5 Å². The maximum atomic E-state index is 12.0. The van der Waals surface area contributed by atoms with Crippen molar-refractivity contribution in [2.24, 2.45) is 0 Å². The largest absolute Gasteiger partial charge is 0.325 e. The molecule has 0 saturated carbocycles. The maximum Gasteiger partial charge on any atom is 0.241 e. The van der Waals surface area contributed by atoms with E-state index in [0.29, 0.717) is 5.25 Å². The molecule has 0 spiro atoms. The number of nitrogens with one attached hydrogen (secondary N) is 2. The third-order valence-corrected chi connectivity index (χ3v) is 4.76. The van der Waals surface area contributed by atoms with Crippen molar-refractivity contribution >= 4 is 23.4 Å². The zero-order valence-electron chi connectivity index (χ0n) is 11.4. The molecule has 2 N–H and O–H groups in total. The van der Waals surface area contributed by atoms with E-state index in [4.69, 9.17) is 0 Å². The van der Waals surface area contributed by atoms with Crippen LogP contribution in [0.25, 0.3) is 0 Å². The average molecular weight is 278 g/mol. The molecule has 2 rings (SSSR count). The molecule has 3 nitrogen and oxygen atoms in total. The number of carbonyl (C=O) groups is 1. The van der Waals surface area contributed by atoms with Gasteiger partial charge in [0.15, 0.2) is 0 Å². The Kier molecular flexibility index (Phi) is 5.73. The predicted molar refractivity (Wildman–Crippen MR) is 82.6 cm³/mol. The van der Waals surface area contributed by atoms with Crippen molar-refractivity contribution in [1.82, 2.24) is 5.32 Å². The summed E-state index contributed by atoms with van der Waals surface area (Å²) in [4.78, 5) is 12.0. The van der Waals surface area contributed by atoms with Gasteiger partial charge in [-0.05, 0) is 37.7 Å². The van der Waals surface area contributed by atoms with Crippen LogP contribution in [0.1, 0.15) is 26.2 Å². The van der Waals surface area contributed by atoms with Gasteiger partial charge in [0, 0.05) is 17.5 Å². The highest BCUT2D eigenvalue weighted by molar-refractivity contribution is 7.99. The highest BCUT2D eigenvalue weighted by atomic mass is 32.2. The van der Waals surface area contributed by atoms with Crippen LogP contribution in [0.2, 0.25) is 0 Å². The minimum atomic E-state index is -0.150. The van der Waals surface area contributed by atoms with Crippen LogP contribution in [0, 0.1) is 0 Å². The van der Waals surface area contributed by atoms with Crippen molar-refractivity contribution < 1.29 is 4.79 Å². The summed E-state index contributed by atoms with van der Waals surface area (Å²) in [6.45, 7) is 2.85. The van der Waals surface area contributed by atoms with Crippen molar-refractivity contribution in [2.75, 3.05) is 17.6 Å². The summed E-state index contributed by atoms with van der Waals surface area (Å²) < 4.78 is 0. The van der Waals surface area contributed by atoms with E-state index in [-0.39, 0.29) is 11.9 Å². The lowest BCUT2D eigenvalue weighted by Gasteiger charge is -2.23. The normalized spacial score (nSPS) is 20.8. The van der Waals surface area contributed by atoms with E-state index in [9.17, 15) is 4.79 Å². The van der Waals surface area contributed by atoms with Crippen LogP contribution in [0.3, 0.4) is 0 Å². The zero-order chi connectivity index (χ0) is 13.5. The lowest BCUT2D eigenvalue weighted by molar-refractivity contribution is -0.117. The molecule has 1 aromatic rings. The standard InChI is InChI=1S/C15H22N2OS/c1-12(16-11-14-9-5-6-10-19-14)15(18)17-13-7-3-2-4-8-13/h2-4,7-8,12,14,16H,5-6,9-11H2,1H3,(H,17,18). The SMILES string of the molecule is CC(NCC1CCCCS1)C(=O)Nc1ccccc1. The molecular weight excluding hydrogens is 256 g/mol. The fourth-order valence-corrected chi connectivity index (χ4v) is 3.39. The molecule has 2 atom stereocenters. The minimum Gasteiger partial charge on any atom is -0.325 e. The molecule has 1 saturated heterocycles. The van der Waals surface area contributed by atoms with Crippen molar-refractivity contribution in [1.29, 1.82) is 0 Å². The zero-order valence-corrected chi connectivity index (χ0v) is 12.2. The molecule has 104 valence electrons. The Bertz CT molecular complexity index is 390. The minimum absolute atomic E-state index is 0.0343. The monoisotopic (exact) mass is 278 g/mol. The molecule has 1 aliphatic rings. The third kappa shape index (κ3) is 4.88. The molecule has 1 fully saturated rings. The van der Waals surface area contributed by atoms with Crippen LogP contribution >= 0.6 is 11.8 Å². The van der Waals surface area contributed by atoms with Crippen molar-refractivity contribution in [3.05, 3.63) is 30.3 Å². The highest BCUT2D eigenvalue weighted by Crippen LogP contribution is 2.24.